The van der Waals surface area contributed by atoms with E-state index in [1.807, 2.05) is 0 Å². The van der Waals surface area contributed by atoms with Gasteiger partial charge in [0.05, 0.1) is 6.04 Å². The highest BCUT2D eigenvalue weighted by molar-refractivity contribution is 5.87. The van der Waals surface area contributed by atoms with Crippen molar-refractivity contribution in [3.05, 3.63) is 11.8 Å². The van der Waals surface area contributed by atoms with E-state index in [9.17, 15) is 18.4 Å². The number of nitrogens with zero attached hydrogens (tertiary/aromatic N) is 2. The Bertz CT molecular complexity index is 518. The number of ether oxygens (including phenoxy) is 2. The number of rotatable bonds is 5. The first-order valence-corrected chi connectivity index (χ1v) is 5.91. The maximum atomic E-state index is 12.1. The summed E-state index contributed by atoms with van der Waals surface area (Å²) in [4.78, 5) is 22.6. The summed E-state index contributed by atoms with van der Waals surface area (Å²) in [6, 6.07) is 0.855. The van der Waals surface area contributed by atoms with E-state index < -0.39 is 12.6 Å². The normalized spacial score (nSPS) is 18.2. The minimum absolute atomic E-state index is 0.0200. The van der Waals surface area contributed by atoms with E-state index in [-0.39, 0.29) is 30.1 Å². The molecule has 20 heavy (non-hydrogen) atoms. The monoisotopic (exact) mass is 289 g/mol. The first-order valence-electron chi connectivity index (χ1n) is 5.91. The predicted molar refractivity (Wildman–Crippen MR) is 61.3 cm³/mol. The molecule has 0 aliphatic carbocycles. The van der Waals surface area contributed by atoms with E-state index in [1.165, 1.54) is 7.05 Å². The smallest absolute Gasteiger partial charge is 0.388 e. The molecule has 1 N–H and O–H groups in total. The van der Waals surface area contributed by atoms with Crippen LogP contribution < -0.4 is 10.1 Å². The molecule has 1 aromatic rings. The van der Waals surface area contributed by atoms with Gasteiger partial charge in [0.25, 0.3) is 0 Å². The number of nitrogens with one attached hydrogen (secondary N) is 1. The van der Waals surface area contributed by atoms with E-state index in [1.54, 1.807) is 0 Å². The summed E-state index contributed by atoms with van der Waals surface area (Å²) in [6.07, 6.45) is 0.992. The van der Waals surface area contributed by atoms with Crippen molar-refractivity contribution < 1.29 is 27.8 Å². The molecule has 0 radical (unpaired) electrons. The summed E-state index contributed by atoms with van der Waals surface area (Å²) >= 11 is 0. The summed E-state index contributed by atoms with van der Waals surface area (Å²) < 4.78 is 34.3. The van der Waals surface area contributed by atoms with Gasteiger partial charge in [-0.1, -0.05) is 0 Å². The Morgan fingerprint density at radius 1 is 1.65 bits per heavy atom. The third-order valence-corrected chi connectivity index (χ3v) is 2.76. The van der Waals surface area contributed by atoms with Crippen molar-refractivity contribution in [1.29, 1.82) is 0 Å². The van der Waals surface area contributed by atoms with Gasteiger partial charge in [0, 0.05) is 19.5 Å². The SMILES string of the molecule is Cn1nc(C(=O)OC[C@@H]2CCC(=O)N2)cc1OC(F)F. The van der Waals surface area contributed by atoms with Crippen LogP contribution in [-0.4, -0.2) is 40.9 Å². The maximum absolute atomic E-state index is 12.1. The summed E-state index contributed by atoms with van der Waals surface area (Å²) in [5.41, 5.74) is -0.132. The Hall–Kier alpha value is -2.19. The van der Waals surface area contributed by atoms with Gasteiger partial charge in [0.2, 0.25) is 11.8 Å². The molecule has 2 rings (SSSR count). The average molecular weight is 289 g/mol. The fourth-order valence-electron chi connectivity index (χ4n) is 1.80. The number of esters is 1. The molecule has 1 saturated heterocycles. The highest BCUT2D eigenvalue weighted by atomic mass is 19.3. The lowest BCUT2D eigenvalue weighted by Gasteiger charge is -2.09. The number of halogens is 2. The number of alkyl halides is 2. The van der Waals surface area contributed by atoms with Crippen LogP contribution in [0.4, 0.5) is 8.78 Å². The predicted octanol–water partition coefficient (Wildman–Crippen LogP) is 0.457. The quantitative estimate of drug-likeness (QED) is 0.796. The molecule has 7 nitrogen and oxygen atoms in total. The van der Waals surface area contributed by atoms with Crippen molar-refractivity contribution in [3.8, 4) is 5.88 Å². The Kier molecular flexibility index (Phi) is 4.16. The molecule has 2 heterocycles. The van der Waals surface area contributed by atoms with Crippen molar-refractivity contribution in [3.63, 3.8) is 0 Å². The lowest BCUT2D eigenvalue weighted by atomic mass is 10.2. The molecule has 0 saturated carbocycles. The fourth-order valence-corrected chi connectivity index (χ4v) is 1.80. The maximum Gasteiger partial charge on any atom is 0.388 e. The van der Waals surface area contributed by atoms with Crippen molar-refractivity contribution in [2.45, 2.75) is 25.5 Å². The largest absolute Gasteiger partial charge is 0.459 e. The second-order valence-electron chi connectivity index (χ2n) is 4.27. The van der Waals surface area contributed by atoms with Crippen molar-refractivity contribution in [2.75, 3.05) is 6.61 Å². The number of amides is 1. The zero-order valence-electron chi connectivity index (χ0n) is 10.6. The average Bonchev–Trinajstić information content (AvgIpc) is 2.93. The molecule has 110 valence electrons. The van der Waals surface area contributed by atoms with E-state index in [0.717, 1.165) is 10.7 Å². The summed E-state index contributed by atoms with van der Waals surface area (Å²) in [5, 5.41) is 6.36. The Morgan fingerprint density at radius 2 is 2.40 bits per heavy atom. The Morgan fingerprint density at radius 3 is 3.00 bits per heavy atom. The number of aromatic nitrogens is 2. The van der Waals surface area contributed by atoms with Crippen LogP contribution in [0.5, 0.6) is 5.88 Å². The van der Waals surface area contributed by atoms with E-state index >= 15 is 0 Å². The van der Waals surface area contributed by atoms with Gasteiger partial charge in [-0.15, -0.1) is 0 Å². The van der Waals surface area contributed by atoms with E-state index in [4.69, 9.17) is 4.74 Å². The van der Waals surface area contributed by atoms with Gasteiger partial charge >= 0.3 is 12.6 Å². The van der Waals surface area contributed by atoms with Crippen LogP contribution >= 0.6 is 0 Å². The molecule has 1 aliphatic rings. The van der Waals surface area contributed by atoms with Crippen molar-refractivity contribution >= 4 is 11.9 Å². The topological polar surface area (TPSA) is 82.5 Å². The van der Waals surface area contributed by atoms with Crippen LogP contribution in [0.25, 0.3) is 0 Å². The zero-order chi connectivity index (χ0) is 14.7. The van der Waals surface area contributed by atoms with Crippen LogP contribution in [0.1, 0.15) is 23.3 Å². The first kappa shape index (κ1) is 14.2. The fraction of sp³-hybridized carbons (Fsp3) is 0.545. The van der Waals surface area contributed by atoms with Crippen LogP contribution in [0, 0.1) is 0 Å². The van der Waals surface area contributed by atoms with Crippen molar-refractivity contribution in [2.24, 2.45) is 7.05 Å². The second kappa shape index (κ2) is 5.85. The minimum Gasteiger partial charge on any atom is -0.459 e. The molecule has 1 atom stereocenters. The summed E-state index contributed by atoms with van der Waals surface area (Å²) in [7, 11) is 1.37. The van der Waals surface area contributed by atoms with Gasteiger partial charge in [-0.3, -0.25) is 4.79 Å². The third-order valence-electron chi connectivity index (χ3n) is 2.76. The molecule has 1 aliphatic heterocycles. The summed E-state index contributed by atoms with van der Waals surface area (Å²) in [6.45, 7) is -2.98. The van der Waals surface area contributed by atoms with Gasteiger partial charge in [-0.25, -0.2) is 9.48 Å². The lowest BCUT2D eigenvalue weighted by molar-refractivity contribution is -0.119. The molecule has 0 aromatic carbocycles. The number of hydrogen-bond acceptors (Lipinski definition) is 5. The number of hydrogen-bond donors (Lipinski definition) is 1. The van der Waals surface area contributed by atoms with E-state index in [0.29, 0.717) is 12.8 Å². The van der Waals surface area contributed by atoms with Crippen LogP contribution in [0.3, 0.4) is 0 Å². The van der Waals surface area contributed by atoms with Crippen molar-refractivity contribution in [1.82, 2.24) is 15.1 Å². The first-order chi connectivity index (χ1) is 9.45. The van der Waals surface area contributed by atoms with Gasteiger partial charge in [0.15, 0.2) is 5.69 Å². The van der Waals surface area contributed by atoms with Crippen LogP contribution in [0.15, 0.2) is 6.07 Å². The molecule has 9 heteroatoms. The minimum atomic E-state index is -3.00. The third kappa shape index (κ3) is 3.43. The second-order valence-corrected chi connectivity index (χ2v) is 4.27. The van der Waals surface area contributed by atoms with Gasteiger partial charge in [-0.05, 0) is 6.42 Å². The molecule has 0 unspecified atom stereocenters. The van der Waals surface area contributed by atoms with Gasteiger partial charge < -0.3 is 14.8 Å². The molecule has 1 fully saturated rings. The molecule has 0 spiro atoms. The molecular formula is C11H13F2N3O4. The van der Waals surface area contributed by atoms with Gasteiger partial charge in [0.1, 0.15) is 6.61 Å². The highest BCUT2D eigenvalue weighted by Gasteiger charge is 2.23. The van der Waals surface area contributed by atoms with Crippen LogP contribution in [0.2, 0.25) is 0 Å². The molecule has 0 bridgehead atoms. The Balaban J connectivity index is 1.90. The Labute approximate surface area is 112 Å². The highest BCUT2D eigenvalue weighted by Crippen LogP contribution is 2.16. The lowest BCUT2D eigenvalue weighted by Crippen LogP contribution is -2.30. The number of carbonyl (C=O) groups is 2. The standard InChI is InChI=1S/C11H13F2N3O4/c1-16-9(20-11(12)13)4-7(15-16)10(18)19-5-6-2-3-8(17)14-6/h4,6,11H,2-3,5H2,1H3,(H,14,17)/t6-/m0/s1. The number of aryl methyl sites for hydroxylation is 1. The molecular weight excluding hydrogens is 276 g/mol. The number of carbonyl (C=O) groups excluding carboxylic acids is 2. The van der Waals surface area contributed by atoms with Crippen LogP contribution in [-0.2, 0) is 16.6 Å². The molecule has 1 aromatic heterocycles. The van der Waals surface area contributed by atoms with Gasteiger partial charge in [-0.2, -0.15) is 13.9 Å². The van der Waals surface area contributed by atoms with E-state index in [2.05, 4.69) is 15.2 Å². The zero-order valence-corrected chi connectivity index (χ0v) is 10.6. The summed E-state index contributed by atoms with van der Waals surface area (Å²) in [5.74, 6) is -1.08. The molecule has 1 amide bonds.